The van der Waals surface area contributed by atoms with E-state index in [0.29, 0.717) is 13.0 Å². The fourth-order valence-corrected chi connectivity index (χ4v) is 1.88. The van der Waals surface area contributed by atoms with E-state index >= 15 is 0 Å². The highest BCUT2D eigenvalue weighted by molar-refractivity contribution is 9.10. The van der Waals surface area contributed by atoms with E-state index in [4.69, 9.17) is 5.26 Å². The second-order valence-corrected chi connectivity index (χ2v) is 4.44. The number of nitrogens with zero attached hydrogens (tertiary/aromatic N) is 1. The first-order chi connectivity index (χ1) is 7.67. The minimum absolute atomic E-state index is 0.196. The highest BCUT2D eigenvalue weighted by atomic mass is 79.9. The third-order valence-corrected chi connectivity index (χ3v) is 3.16. The van der Waals surface area contributed by atoms with Crippen LogP contribution in [0.5, 0.6) is 0 Å². The normalized spacial score (nSPS) is 12.1. The standard InChI is InChI=1S/C12H14BrFN2/c1-2-11(5-6-15)16-8-9-3-4-10(14)7-12(9)13/h3-4,7,11,16H,2,5,8H2,1H3. The topological polar surface area (TPSA) is 35.8 Å². The van der Waals surface area contributed by atoms with Crippen LogP contribution in [0.3, 0.4) is 0 Å². The van der Waals surface area contributed by atoms with Gasteiger partial charge in [0.2, 0.25) is 0 Å². The summed E-state index contributed by atoms with van der Waals surface area (Å²) in [7, 11) is 0. The van der Waals surface area contributed by atoms with Crippen LogP contribution in [0.2, 0.25) is 0 Å². The first kappa shape index (κ1) is 13.1. The molecule has 0 saturated carbocycles. The second-order valence-electron chi connectivity index (χ2n) is 3.58. The zero-order valence-corrected chi connectivity index (χ0v) is 10.7. The summed E-state index contributed by atoms with van der Waals surface area (Å²) in [5.41, 5.74) is 0.998. The van der Waals surface area contributed by atoms with Gasteiger partial charge in [-0.2, -0.15) is 5.26 Å². The molecule has 0 aliphatic rings. The van der Waals surface area contributed by atoms with E-state index in [0.717, 1.165) is 16.5 Å². The molecule has 1 unspecified atom stereocenters. The monoisotopic (exact) mass is 284 g/mol. The van der Waals surface area contributed by atoms with Gasteiger partial charge in [-0.1, -0.05) is 28.9 Å². The molecule has 1 aromatic rings. The number of benzene rings is 1. The third-order valence-electron chi connectivity index (χ3n) is 2.43. The first-order valence-corrected chi connectivity index (χ1v) is 6.01. The van der Waals surface area contributed by atoms with Gasteiger partial charge in [0.15, 0.2) is 0 Å². The van der Waals surface area contributed by atoms with Crippen LogP contribution in [0.1, 0.15) is 25.3 Å². The summed E-state index contributed by atoms with van der Waals surface area (Å²) < 4.78 is 13.6. The Kier molecular flexibility index (Phi) is 5.44. The minimum Gasteiger partial charge on any atom is -0.309 e. The summed E-state index contributed by atoms with van der Waals surface area (Å²) in [6.07, 6.45) is 1.40. The lowest BCUT2D eigenvalue weighted by molar-refractivity contribution is 0.504. The van der Waals surface area contributed by atoms with Crippen molar-refractivity contribution < 1.29 is 4.39 Å². The van der Waals surface area contributed by atoms with E-state index < -0.39 is 0 Å². The van der Waals surface area contributed by atoms with Gasteiger partial charge in [0, 0.05) is 17.1 Å². The molecule has 0 bridgehead atoms. The van der Waals surface area contributed by atoms with Gasteiger partial charge < -0.3 is 5.32 Å². The summed E-state index contributed by atoms with van der Waals surface area (Å²) in [4.78, 5) is 0. The zero-order chi connectivity index (χ0) is 12.0. The van der Waals surface area contributed by atoms with Crippen LogP contribution in [0.25, 0.3) is 0 Å². The molecule has 4 heteroatoms. The maximum Gasteiger partial charge on any atom is 0.124 e. The highest BCUT2D eigenvalue weighted by Gasteiger charge is 2.06. The molecule has 0 radical (unpaired) electrons. The molecule has 0 fully saturated rings. The van der Waals surface area contributed by atoms with Crippen LogP contribution in [-0.4, -0.2) is 6.04 Å². The van der Waals surface area contributed by atoms with E-state index in [-0.39, 0.29) is 11.9 Å². The third kappa shape index (κ3) is 3.92. The number of hydrogen-bond donors (Lipinski definition) is 1. The van der Waals surface area contributed by atoms with Crippen molar-refractivity contribution in [1.82, 2.24) is 5.32 Å². The van der Waals surface area contributed by atoms with Crippen molar-refractivity contribution in [2.45, 2.75) is 32.4 Å². The smallest absolute Gasteiger partial charge is 0.124 e. The van der Waals surface area contributed by atoms with Crippen LogP contribution < -0.4 is 5.32 Å². The number of halogens is 2. The molecule has 1 atom stereocenters. The van der Waals surface area contributed by atoms with Gasteiger partial charge in [-0.25, -0.2) is 4.39 Å². The highest BCUT2D eigenvalue weighted by Crippen LogP contribution is 2.18. The lowest BCUT2D eigenvalue weighted by atomic mass is 10.1. The Morgan fingerprint density at radius 1 is 1.56 bits per heavy atom. The Labute approximate surface area is 104 Å². The van der Waals surface area contributed by atoms with Crippen LogP contribution >= 0.6 is 15.9 Å². The van der Waals surface area contributed by atoms with Gasteiger partial charge in [0.25, 0.3) is 0 Å². The lowest BCUT2D eigenvalue weighted by Gasteiger charge is -2.14. The molecule has 86 valence electrons. The van der Waals surface area contributed by atoms with Crippen molar-refractivity contribution in [3.63, 3.8) is 0 Å². The molecule has 0 aliphatic carbocycles. The molecule has 1 rings (SSSR count). The van der Waals surface area contributed by atoms with E-state index in [9.17, 15) is 4.39 Å². The molecule has 0 aliphatic heterocycles. The summed E-state index contributed by atoms with van der Waals surface area (Å²) in [6, 6.07) is 6.97. The average molecular weight is 285 g/mol. The van der Waals surface area contributed by atoms with Crippen molar-refractivity contribution in [1.29, 1.82) is 5.26 Å². The predicted octanol–water partition coefficient (Wildman–Crippen LogP) is 3.37. The van der Waals surface area contributed by atoms with Crippen molar-refractivity contribution in [2.24, 2.45) is 0 Å². The van der Waals surface area contributed by atoms with Crippen LogP contribution in [0.4, 0.5) is 4.39 Å². The zero-order valence-electron chi connectivity index (χ0n) is 9.13. The van der Waals surface area contributed by atoms with E-state index in [2.05, 4.69) is 27.3 Å². The molecule has 1 N–H and O–H groups in total. The Hall–Kier alpha value is -0.920. The Bertz CT molecular complexity index is 387. The lowest BCUT2D eigenvalue weighted by Crippen LogP contribution is -2.27. The fraction of sp³-hybridized carbons (Fsp3) is 0.417. The summed E-state index contributed by atoms with van der Waals surface area (Å²) in [6.45, 7) is 2.68. The van der Waals surface area contributed by atoms with Crippen molar-refractivity contribution in [3.05, 3.63) is 34.1 Å². The van der Waals surface area contributed by atoms with Crippen LogP contribution in [0, 0.1) is 17.1 Å². The minimum atomic E-state index is -0.250. The van der Waals surface area contributed by atoms with Crippen molar-refractivity contribution >= 4 is 15.9 Å². The van der Waals surface area contributed by atoms with Gasteiger partial charge in [-0.15, -0.1) is 0 Å². The molecule has 16 heavy (non-hydrogen) atoms. The Morgan fingerprint density at radius 3 is 2.88 bits per heavy atom. The van der Waals surface area contributed by atoms with Gasteiger partial charge in [0.05, 0.1) is 12.5 Å². The largest absolute Gasteiger partial charge is 0.309 e. The maximum atomic E-state index is 12.8. The van der Waals surface area contributed by atoms with Gasteiger partial charge in [0.1, 0.15) is 5.82 Å². The Morgan fingerprint density at radius 2 is 2.31 bits per heavy atom. The quantitative estimate of drug-likeness (QED) is 0.900. The van der Waals surface area contributed by atoms with E-state index in [1.165, 1.54) is 12.1 Å². The molecule has 0 saturated heterocycles. The molecular formula is C12H14BrFN2. The molecule has 0 spiro atoms. The van der Waals surface area contributed by atoms with Gasteiger partial charge in [-0.3, -0.25) is 0 Å². The van der Waals surface area contributed by atoms with Crippen molar-refractivity contribution in [3.8, 4) is 6.07 Å². The molecular weight excluding hydrogens is 271 g/mol. The number of nitrogens with one attached hydrogen (secondary N) is 1. The number of nitriles is 1. The second kappa shape index (κ2) is 6.62. The number of hydrogen-bond acceptors (Lipinski definition) is 2. The molecule has 0 heterocycles. The van der Waals surface area contributed by atoms with Crippen molar-refractivity contribution in [2.75, 3.05) is 0 Å². The Balaban J connectivity index is 2.57. The van der Waals surface area contributed by atoms with E-state index in [1.807, 2.05) is 6.92 Å². The molecule has 0 aromatic heterocycles. The average Bonchev–Trinajstić information content (AvgIpc) is 2.26. The number of rotatable bonds is 5. The summed E-state index contributed by atoms with van der Waals surface area (Å²) in [5.74, 6) is -0.250. The molecule has 2 nitrogen and oxygen atoms in total. The molecule has 1 aromatic carbocycles. The predicted molar refractivity (Wildman–Crippen MR) is 65.2 cm³/mol. The molecule has 0 amide bonds. The van der Waals surface area contributed by atoms with Gasteiger partial charge >= 0.3 is 0 Å². The van der Waals surface area contributed by atoms with E-state index in [1.54, 1.807) is 6.07 Å². The van der Waals surface area contributed by atoms with Crippen LogP contribution in [-0.2, 0) is 6.54 Å². The summed E-state index contributed by atoms with van der Waals surface area (Å²) >= 11 is 3.31. The van der Waals surface area contributed by atoms with Gasteiger partial charge in [-0.05, 0) is 24.1 Å². The summed E-state index contributed by atoms with van der Waals surface area (Å²) in [5, 5.41) is 11.9. The maximum absolute atomic E-state index is 12.8. The van der Waals surface area contributed by atoms with Crippen LogP contribution in [0.15, 0.2) is 22.7 Å². The SMILES string of the molecule is CCC(CC#N)NCc1ccc(F)cc1Br. The first-order valence-electron chi connectivity index (χ1n) is 5.21. The fourth-order valence-electron chi connectivity index (χ4n) is 1.39.